The van der Waals surface area contributed by atoms with Crippen LogP contribution in [0, 0.1) is 6.92 Å². The molecular weight excluding hydrogens is 293 g/mol. The average Bonchev–Trinajstić information content (AvgIpc) is 2.65. The van der Waals surface area contributed by atoms with Gasteiger partial charge in [0, 0.05) is 11.8 Å². The Bertz CT molecular complexity index is 688. The van der Waals surface area contributed by atoms with Crippen molar-refractivity contribution in [1.82, 2.24) is 9.78 Å². The molecule has 0 spiro atoms. The fraction of sp³-hybridized carbons (Fsp3) is 0.308. The van der Waals surface area contributed by atoms with Crippen LogP contribution in [-0.2, 0) is 6.18 Å². The summed E-state index contributed by atoms with van der Waals surface area (Å²) in [6, 6.07) is 4.47. The lowest BCUT2D eigenvalue weighted by Gasteiger charge is -2.15. The van der Waals surface area contributed by atoms with Crippen LogP contribution in [0.4, 0.5) is 13.2 Å². The van der Waals surface area contributed by atoms with Crippen LogP contribution >= 0.6 is 11.6 Å². The molecule has 1 heterocycles. The molecule has 1 aromatic heterocycles. The van der Waals surface area contributed by atoms with E-state index >= 15 is 0 Å². The summed E-state index contributed by atoms with van der Waals surface area (Å²) in [5.74, 6) is 0. The quantitative estimate of drug-likeness (QED) is 0.901. The van der Waals surface area contributed by atoms with Crippen molar-refractivity contribution in [3.05, 3.63) is 56.5 Å². The van der Waals surface area contributed by atoms with Gasteiger partial charge in [0.1, 0.15) is 0 Å². The van der Waals surface area contributed by atoms with Crippen molar-refractivity contribution in [2.24, 2.45) is 0 Å². The smallest absolute Gasteiger partial charge is 0.299 e. The van der Waals surface area contributed by atoms with E-state index in [1.807, 2.05) is 0 Å². The highest BCUT2D eigenvalue weighted by molar-refractivity contribution is 6.31. The predicted octanol–water partition coefficient (Wildman–Crippen LogP) is 3.77. The van der Waals surface area contributed by atoms with Gasteiger partial charge in [0.25, 0.3) is 5.56 Å². The molecule has 2 rings (SSSR count). The maximum atomic E-state index is 12.6. The Morgan fingerprint density at radius 1 is 1.30 bits per heavy atom. The van der Waals surface area contributed by atoms with Gasteiger partial charge in [-0.3, -0.25) is 9.89 Å². The lowest BCUT2D eigenvalue weighted by Crippen LogP contribution is -2.21. The van der Waals surface area contributed by atoms with E-state index in [0.29, 0.717) is 11.3 Å². The molecule has 0 aliphatic rings. The summed E-state index contributed by atoms with van der Waals surface area (Å²) in [6.07, 6.45) is -4.49. The number of hydrogen-bond acceptors (Lipinski definition) is 1. The molecule has 0 amide bonds. The summed E-state index contributed by atoms with van der Waals surface area (Å²) >= 11 is 5.67. The minimum absolute atomic E-state index is 0.244. The second-order valence-corrected chi connectivity index (χ2v) is 4.97. The largest absolute Gasteiger partial charge is 0.417 e. The standard InChI is InChI=1S/C13H12ClF3N2O/c1-7-5-12(20)19(18-7)8(2)9-3-4-10(11(14)6-9)13(15,16)17/h3-6,8,18H,1-2H3. The monoisotopic (exact) mass is 304 g/mol. The first-order chi connectivity index (χ1) is 9.20. The first-order valence-corrected chi connectivity index (χ1v) is 6.22. The van der Waals surface area contributed by atoms with Crippen molar-refractivity contribution in [1.29, 1.82) is 0 Å². The Kier molecular flexibility index (Phi) is 3.69. The number of hydrogen-bond donors (Lipinski definition) is 1. The number of rotatable bonds is 2. The first kappa shape index (κ1) is 14.7. The van der Waals surface area contributed by atoms with E-state index in [1.54, 1.807) is 13.8 Å². The first-order valence-electron chi connectivity index (χ1n) is 5.85. The zero-order valence-corrected chi connectivity index (χ0v) is 11.5. The number of aromatic nitrogens is 2. The van der Waals surface area contributed by atoms with Crippen LogP contribution in [0.3, 0.4) is 0 Å². The number of aromatic amines is 1. The molecular formula is C13H12ClF3N2O. The zero-order valence-electron chi connectivity index (χ0n) is 10.8. The summed E-state index contributed by atoms with van der Waals surface area (Å²) in [4.78, 5) is 11.7. The maximum Gasteiger partial charge on any atom is 0.417 e. The van der Waals surface area contributed by atoms with Gasteiger partial charge in [0.15, 0.2) is 0 Å². The van der Waals surface area contributed by atoms with Crippen LogP contribution in [-0.4, -0.2) is 9.78 Å². The summed E-state index contributed by atoms with van der Waals surface area (Å²) in [5, 5.41) is 2.47. The molecule has 0 fully saturated rings. The predicted molar refractivity (Wildman–Crippen MR) is 70.1 cm³/mol. The van der Waals surface area contributed by atoms with E-state index in [-0.39, 0.29) is 10.6 Å². The van der Waals surface area contributed by atoms with Crippen molar-refractivity contribution < 1.29 is 13.2 Å². The summed E-state index contributed by atoms with van der Waals surface area (Å²) in [7, 11) is 0. The molecule has 0 saturated carbocycles. The Balaban J connectivity index is 2.42. The molecule has 1 unspecified atom stereocenters. The normalized spacial score (nSPS) is 13.5. The molecule has 0 saturated heterocycles. The molecule has 20 heavy (non-hydrogen) atoms. The third-order valence-corrected chi connectivity index (χ3v) is 3.36. The van der Waals surface area contributed by atoms with Gasteiger partial charge in [-0.05, 0) is 31.5 Å². The van der Waals surface area contributed by atoms with Crippen molar-refractivity contribution >= 4 is 11.6 Å². The summed E-state index contributed by atoms with van der Waals surface area (Å²) in [5.41, 5.74) is 0.0722. The number of alkyl halides is 3. The molecule has 3 nitrogen and oxygen atoms in total. The minimum atomic E-state index is -4.49. The van der Waals surface area contributed by atoms with Gasteiger partial charge in [0.2, 0.25) is 0 Å². The molecule has 1 N–H and O–H groups in total. The molecule has 1 atom stereocenters. The van der Waals surface area contributed by atoms with Crippen LogP contribution in [0.15, 0.2) is 29.1 Å². The summed E-state index contributed by atoms with van der Waals surface area (Å²) in [6.45, 7) is 3.43. The van der Waals surface area contributed by atoms with Gasteiger partial charge in [-0.25, -0.2) is 4.68 Å². The van der Waals surface area contributed by atoms with E-state index < -0.39 is 17.8 Å². The molecule has 108 valence electrons. The lowest BCUT2D eigenvalue weighted by molar-refractivity contribution is -0.137. The van der Waals surface area contributed by atoms with E-state index in [1.165, 1.54) is 22.9 Å². The van der Waals surface area contributed by atoms with E-state index in [9.17, 15) is 18.0 Å². The average molecular weight is 305 g/mol. The SMILES string of the molecule is Cc1cc(=O)n(C(C)c2ccc(C(F)(F)F)c(Cl)c2)[nH]1. The third kappa shape index (κ3) is 2.75. The second-order valence-electron chi connectivity index (χ2n) is 4.56. The maximum absolute atomic E-state index is 12.6. The Labute approximate surface area is 118 Å². The molecule has 1 aromatic carbocycles. The number of halogens is 4. The van der Waals surface area contributed by atoms with Crippen molar-refractivity contribution in [2.45, 2.75) is 26.1 Å². The number of aryl methyl sites for hydroxylation is 1. The summed E-state index contributed by atoms with van der Waals surface area (Å²) < 4.78 is 39.2. The topological polar surface area (TPSA) is 37.8 Å². The van der Waals surface area contributed by atoms with Gasteiger partial charge >= 0.3 is 6.18 Å². The molecule has 0 bridgehead atoms. The minimum Gasteiger partial charge on any atom is -0.299 e. The molecule has 0 radical (unpaired) electrons. The van der Waals surface area contributed by atoms with Gasteiger partial charge in [0.05, 0.1) is 16.6 Å². The van der Waals surface area contributed by atoms with E-state index in [0.717, 1.165) is 6.07 Å². The van der Waals surface area contributed by atoms with Crippen molar-refractivity contribution in [2.75, 3.05) is 0 Å². The van der Waals surface area contributed by atoms with Crippen LogP contribution in [0.25, 0.3) is 0 Å². The van der Waals surface area contributed by atoms with E-state index in [4.69, 9.17) is 11.6 Å². The van der Waals surface area contributed by atoms with E-state index in [2.05, 4.69) is 5.10 Å². The van der Waals surface area contributed by atoms with Crippen LogP contribution in [0.1, 0.15) is 29.8 Å². The highest BCUT2D eigenvalue weighted by atomic mass is 35.5. The molecule has 2 aromatic rings. The van der Waals surface area contributed by atoms with Gasteiger partial charge in [-0.2, -0.15) is 13.2 Å². The Morgan fingerprint density at radius 3 is 2.40 bits per heavy atom. The fourth-order valence-electron chi connectivity index (χ4n) is 1.99. The molecule has 7 heteroatoms. The molecule has 0 aliphatic heterocycles. The Hall–Kier alpha value is -1.69. The Morgan fingerprint density at radius 2 is 1.95 bits per heavy atom. The van der Waals surface area contributed by atoms with Crippen molar-refractivity contribution in [3.63, 3.8) is 0 Å². The number of nitrogens with one attached hydrogen (secondary N) is 1. The highest BCUT2D eigenvalue weighted by Gasteiger charge is 2.33. The number of nitrogens with zero attached hydrogens (tertiary/aromatic N) is 1. The number of benzene rings is 1. The van der Waals surface area contributed by atoms with Crippen LogP contribution < -0.4 is 5.56 Å². The number of H-pyrrole nitrogens is 1. The van der Waals surface area contributed by atoms with Crippen LogP contribution in [0.5, 0.6) is 0 Å². The van der Waals surface area contributed by atoms with Crippen LogP contribution in [0.2, 0.25) is 5.02 Å². The van der Waals surface area contributed by atoms with Gasteiger partial charge < -0.3 is 0 Å². The lowest BCUT2D eigenvalue weighted by atomic mass is 10.1. The zero-order chi connectivity index (χ0) is 15.1. The highest BCUT2D eigenvalue weighted by Crippen LogP contribution is 2.36. The fourth-order valence-corrected chi connectivity index (χ4v) is 2.29. The van der Waals surface area contributed by atoms with Gasteiger partial charge in [-0.15, -0.1) is 0 Å². The van der Waals surface area contributed by atoms with Gasteiger partial charge in [-0.1, -0.05) is 17.7 Å². The third-order valence-electron chi connectivity index (χ3n) is 3.04. The second kappa shape index (κ2) is 5.01. The van der Waals surface area contributed by atoms with Crippen molar-refractivity contribution in [3.8, 4) is 0 Å². The molecule has 0 aliphatic carbocycles.